The molecule has 0 unspecified atom stereocenters. The Morgan fingerprint density at radius 2 is 1.81 bits per heavy atom. The third-order valence-corrected chi connectivity index (χ3v) is 2.23. The third kappa shape index (κ3) is 2.98. The molecule has 0 fully saturated rings. The highest BCUT2D eigenvalue weighted by molar-refractivity contribution is 6.28. The summed E-state index contributed by atoms with van der Waals surface area (Å²) in [5.41, 5.74) is -1.02. The van der Waals surface area contributed by atoms with E-state index >= 15 is 0 Å². The predicted molar refractivity (Wildman–Crippen MR) is 55.6 cm³/mol. The highest BCUT2D eigenvalue weighted by atomic mass is 35.5. The van der Waals surface area contributed by atoms with Crippen LogP contribution in [0.1, 0.15) is 19.5 Å². The van der Waals surface area contributed by atoms with E-state index in [1.807, 2.05) is 13.8 Å². The molecule has 0 N–H and O–H groups in total. The van der Waals surface area contributed by atoms with E-state index in [9.17, 15) is 13.2 Å². The number of hydrogen-bond acceptors (Lipinski definition) is 3. The molecule has 0 aliphatic heterocycles. The molecule has 16 heavy (non-hydrogen) atoms. The number of alkyl halides is 3. The first kappa shape index (κ1) is 13.0. The largest absolute Gasteiger partial charge is 0.433 e. The average Bonchev–Trinajstić information content (AvgIpc) is 2.17. The average molecular weight is 254 g/mol. The standard InChI is InChI=1S/C9H11ClF3N3/c1-3-16(4-2)7-5-6(9(11,12)13)14-8(10)15-7/h5H,3-4H2,1-2H3. The van der Waals surface area contributed by atoms with Crippen LogP contribution in [0.25, 0.3) is 0 Å². The molecule has 0 aliphatic carbocycles. The van der Waals surface area contributed by atoms with Crippen molar-refractivity contribution < 1.29 is 13.2 Å². The lowest BCUT2D eigenvalue weighted by molar-refractivity contribution is -0.141. The van der Waals surface area contributed by atoms with Crippen molar-refractivity contribution >= 4 is 17.4 Å². The number of hydrogen-bond donors (Lipinski definition) is 0. The molecule has 0 amide bonds. The molecular weight excluding hydrogens is 243 g/mol. The van der Waals surface area contributed by atoms with Gasteiger partial charge in [-0.2, -0.15) is 13.2 Å². The van der Waals surface area contributed by atoms with Crippen molar-refractivity contribution in [2.75, 3.05) is 18.0 Å². The number of nitrogens with zero attached hydrogens (tertiary/aromatic N) is 3. The zero-order valence-electron chi connectivity index (χ0n) is 8.85. The maximum absolute atomic E-state index is 12.5. The molecular formula is C9H11ClF3N3. The third-order valence-electron chi connectivity index (χ3n) is 2.06. The summed E-state index contributed by atoms with van der Waals surface area (Å²) in [6, 6.07) is 0.902. The van der Waals surface area contributed by atoms with E-state index in [0.717, 1.165) is 6.07 Å². The van der Waals surface area contributed by atoms with Gasteiger partial charge in [0.15, 0.2) is 5.69 Å². The number of aromatic nitrogens is 2. The van der Waals surface area contributed by atoms with Crippen molar-refractivity contribution in [3.8, 4) is 0 Å². The molecule has 0 atom stereocenters. The first-order chi connectivity index (χ1) is 7.38. The monoisotopic (exact) mass is 253 g/mol. The van der Waals surface area contributed by atoms with Gasteiger partial charge in [0.2, 0.25) is 5.28 Å². The molecule has 0 spiro atoms. The molecule has 0 aliphatic rings. The van der Waals surface area contributed by atoms with Gasteiger partial charge in [-0.3, -0.25) is 0 Å². The molecule has 1 aromatic heterocycles. The van der Waals surface area contributed by atoms with E-state index in [-0.39, 0.29) is 5.82 Å². The Bertz CT molecular complexity index is 364. The summed E-state index contributed by atoms with van der Waals surface area (Å²) in [5.74, 6) is 0.192. The van der Waals surface area contributed by atoms with Crippen molar-refractivity contribution in [3.63, 3.8) is 0 Å². The Morgan fingerprint density at radius 1 is 1.25 bits per heavy atom. The second-order valence-corrected chi connectivity index (χ2v) is 3.39. The fourth-order valence-corrected chi connectivity index (χ4v) is 1.44. The van der Waals surface area contributed by atoms with Crippen molar-refractivity contribution in [1.29, 1.82) is 0 Å². The van der Waals surface area contributed by atoms with Crippen LogP contribution < -0.4 is 4.90 Å². The lowest BCUT2D eigenvalue weighted by Crippen LogP contribution is -2.24. The van der Waals surface area contributed by atoms with Crippen LogP contribution in [0.2, 0.25) is 5.28 Å². The first-order valence-corrected chi connectivity index (χ1v) is 5.13. The van der Waals surface area contributed by atoms with Crippen LogP contribution in [-0.4, -0.2) is 23.1 Å². The molecule has 3 nitrogen and oxygen atoms in total. The molecule has 0 aromatic carbocycles. The van der Waals surface area contributed by atoms with Crippen molar-refractivity contribution in [3.05, 3.63) is 17.0 Å². The Balaban J connectivity index is 3.17. The number of anilines is 1. The summed E-state index contributed by atoms with van der Waals surface area (Å²) in [7, 11) is 0. The Kier molecular flexibility index (Phi) is 3.96. The van der Waals surface area contributed by atoms with Gasteiger partial charge in [-0.1, -0.05) is 0 Å². The van der Waals surface area contributed by atoms with Gasteiger partial charge in [-0.15, -0.1) is 0 Å². The van der Waals surface area contributed by atoms with Crippen LogP contribution in [0.5, 0.6) is 0 Å². The Morgan fingerprint density at radius 3 is 2.25 bits per heavy atom. The zero-order valence-corrected chi connectivity index (χ0v) is 9.60. The summed E-state index contributed by atoms with van der Waals surface area (Å²) in [4.78, 5) is 8.60. The molecule has 0 saturated heterocycles. The quantitative estimate of drug-likeness (QED) is 0.776. The van der Waals surface area contributed by atoms with Crippen LogP contribution in [-0.2, 0) is 6.18 Å². The maximum atomic E-state index is 12.5. The maximum Gasteiger partial charge on any atom is 0.433 e. The minimum absolute atomic E-state index is 0.192. The van der Waals surface area contributed by atoms with E-state index < -0.39 is 17.2 Å². The predicted octanol–water partition coefficient (Wildman–Crippen LogP) is 3.00. The smallest absolute Gasteiger partial charge is 0.357 e. The fraction of sp³-hybridized carbons (Fsp3) is 0.556. The second kappa shape index (κ2) is 4.86. The lowest BCUT2D eigenvalue weighted by atomic mass is 10.3. The van der Waals surface area contributed by atoms with Crippen LogP contribution in [0.4, 0.5) is 19.0 Å². The van der Waals surface area contributed by atoms with E-state index in [1.54, 1.807) is 4.90 Å². The van der Waals surface area contributed by atoms with Gasteiger partial charge in [0.1, 0.15) is 5.82 Å². The first-order valence-electron chi connectivity index (χ1n) is 4.75. The normalized spacial score (nSPS) is 11.6. The van der Waals surface area contributed by atoms with Gasteiger partial charge >= 0.3 is 6.18 Å². The minimum Gasteiger partial charge on any atom is -0.357 e. The highest BCUT2D eigenvalue weighted by Crippen LogP contribution is 2.30. The van der Waals surface area contributed by atoms with E-state index in [2.05, 4.69) is 9.97 Å². The van der Waals surface area contributed by atoms with Crippen molar-refractivity contribution in [1.82, 2.24) is 9.97 Å². The molecule has 0 bridgehead atoms. The van der Waals surface area contributed by atoms with E-state index in [4.69, 9.17) is 11.6 Å². The molecule has 0 saturated carbocycles. The second-order valence-electron chi connectivity index (χ2n) is 3.05. The van der Waals surface area contributed by atoms with Crippen LogP contribution in [0, 0.1) is 0 Å². The summed E-state index contributed by atoms with van der Waals surface area (Å²) >= 11 is 5.47. The van der Waals surface area contributed by atoms with Gasteiger partial charge in [0, 0.05) is 19.2 Å². The molecule has 1 rings (SSSR count). The summed E-state index contributed by atoms with van der Waals surface area (Å²) < 4.78 is 37.4. The van der Waals surface area contributed by atoms with Gasteiger partial charge in [-0.05, 0) is 25.4 Å². The Hall–Kier alpha value is -1.04. The molecule has 7 heteroatoms. The fourth-order valence-electron chi connectivity index (χ4n) is 1.26. The van der Waals surface area contributed by atoms with Crippen molar-refractivity contribution in [2.45, 2.75) is 20.0 Å². The van der Waals surface area contributed by atoms with Crippen LogP contribution in [0.3, 0.4) is 0 Å². The van der Waals surface area contributed by atoms with Crippen molar-refractivity contribution in [2.24, 2.45) is 0 Å². The molecule has 90 valence electrons. The van der Waals surface area contributed by atoms with Gasteiger partial charge in [0.25, 0.3) is 0 Å². The van der Waals surface area contributed by atoms with E-state index in [0.29, 0.717) is 13.1 Å². The lowest BCUT2D eigenvalue weighted by Gasteiger charge is -2.20. The number of halogens is 4. The Labute approximate surface area is 96.3 Å². The highest BCUT2D eigenvalue weighted by Gasteiger charge is 2.33. The molecule has 0 radical (unpaired) electrons. The van der Waals surface area contributed by atoms with Crippen LogP contribution >= 0.6 is 11.6 Å². The molecule has 1 heterocycles. The summed E-state index contributed by atoms with van der Waals surface area (Å²) in [6.07, 6.45) is -4.51. The summed E-state index contributed by atoms with van der Waals surface area (Å²) in [6.45, 7) is 4.77. The summed E-state index contributed by atoms with van der Waals surface area (Å²) in [5, 5.41) is -0.392. The van der Waals surface area contributed by atoms with Gasteiger partial charge in [0.05, 0.1) is 0 Å². The van der Waals surface area contributed by atoms with Gasteiger partial charge < -0.3 is 4.90 Å². The van der Waals surface area contributed by atoms with Crippen LogP contribution in [0.15, 0.2) is 6.07 Å². The van der Waals surface area contributed by atoms with E-state index in [1.165, 1.54) is 0 Å². The number of rotatable bonds is 3. The topological polar surface area (TPSA) is 29.0 Å². The molecule has 1 aromatic rings. The zero-order chi connectivity index (χ0) is 12.3. The van der Waals surface area contributed by atoms with Gasteiger partial charge in [-0.25, -0.2) is 9.97 Å². The minimum atomic E-state index is -4.51. The SMILES string of the molecule is CCN(CC)c1cc(C(F)(F)F)nc(Cl)n1.